The predicted octanol–water partition coefficient (Wildman–Crippen LogP) is 0.203. The first-order valence-corrected chi connectivity index (χ1v) is 3.03. The second-order valence-corrected chi connectivity index (χ2v) is 1.90. The van der Waals surface area contributed by atoms with Crippen molar-refractivity contribution < 1.29 is 9.53 Å². The fourth-order valence-electron chi connectivity index (χ4n) is 0.690. The lowest BCUT2D eigenvalue weighted by Crippen LogP contribution is -2.19. The Kier molecular flexibility index (Phi) is 2.10. The Morgan fingerprint density at radius 2 is 2.50 bits per heavy atom. The molecule has 0 aromatic heterocycles. The molecule has 54 valence electrons. The van der Waals surface area contributed by atoms with Crippen molar-refractivity contribution in [3.05, 3.63) is 24.0 Å². The quantitative estimate of drug-likeness (QED) is 0.563. The zero-order valence-electron chi connectivity index (χ0n) is 5.76. The van der Waals surface area contributed by atoms with Crippen LogP contribution in [0.15, 0.2) is 24.0 Å². The molecule has 1 rings (SSSR count). The van der Waals surface area contributed by atoms with Gasteiger partial charge in [-0.3, -0.25) is 4.79 Å². The highest BCUT2D eigenvalue weighted by Crippen LogP contribution is 1.98. The van der Waals surface area contributed by atoms with E-state index in [1.807, 2.05) is 6.08 Å². The predicted molar refractivity (Wildman–Crippen MR) is 37.2 cm³/mol. The Morgan fingerprint density at radius 3 is 3.20 bits per heavy atom. The fraction of sp³-hybridized carbons (Fsp3) is 0.286. The summed E-state index contributed by atoms with van der Waals surface area (Å²) in [5.74, 6) is 0.483. The van der Waals surface area contributed by atoms with E-state index >= 15 is 0 Å². The second kappa shape index (κ2) is 3.06. The standard InChI is InChI=1S/C7H9NO2/c1-10-6-3-2-4-8-7(9)5-6/h2-3,5H,4H2,1H3,(H,8,9). The van der Waals surface area contributed by atoms with Crippen molar-refractivity contribution >= 4 is 5.91 Å². The van der Waals surface area contributed by atoms with Gasteiger partial charge in [-0.15, -0.1) is 0 Å². The molecular weight excluding hydrogens is 130 g/mol. The van der Waals surface area contributed by atoms with Gasteiger partial charge in [-0.05, 0) is 6.08 Å². The van der Waals surface area contributed by atoms with Crippen LogP contribution in [-0.2, 0) is 9.53 Å². The molecule has 1 aliphatic rings. The number of ether oxygens (including phenoxy) is 1. The van der Waals surface area contributed by atoms with E-state index in [4.69, 9.17) is 4.74 Å². The first-order valence-electron chi connectivity index (χ1n) is 3.03. The molecule has 0 atom stereocenters. The third-order valence-electron chi connectivity index (χ3n) is 1.19. The van der Waals surface area contributed by atoms with Gasteiger partial charge in [-0.2, -0.15) is 0 Å². The van der Waals surface area contributed by atoms with Crippen molar-refractivity contribution in [1.29, 1.82) is 0 Å². The van der Waals surface area contributed by atoms with Crippen LogP contribution in [0.25, 0.3) is 0 Å². The summed E-state index contributed by atoms with van der Waals surface area (Å²) in [4.78, 5) is 10.7. The molecule has 3 nitrogen and oxygen atoms in total. The van der Waals surface area contributed by atoms with Gasteiger partial charge in [-0.1, -0.05) is 6.08 Å². The smallest absolute Gasteiger partial charge is 0.247 e. The van der Waals surface area contributed by atoms with Crippen molar-refractivity contribution in [2.24, 2.45) is 0 Å². The summed E-state index contributed by atoms with van der Waals surface area (Å²) in [6, 6.07) is 0. The van der Waals surface area contributed by atoms with Gasteiger partial charge in [-0.25, -0.2) is 0 Å². The minimum absolute atomic E-state index is 0.109. The van der Waals surface area contributed by atoms with Crippen LogP contribution >= 0.6 is 0 Å². The molecular formula is C7H9NO2. The fourth-order valence-corrected chi connectivity index (χ4v) is 0.690. The molecule has 1 heterocycles. The average Bonchev–Trinajstić information content (AvgIpc) is 2.13. The first-order chi connectivity index (χ1) is 4.83. The molecule has 0 saturated carbocycles. The van der Waals surface area contributed by atoms with Crippen LogP contribution in [0, 0.1) is 0 Å². The van der Waals surface area contributed by atoms with E-state index in [1.165, 1.54) is 13.2 Å². The highest BCUT2D eigenvalue weighted by atomic mass is 16.5. The summed E-state index contributed by atoms with van der Waals surface area (Å²) in [7, 11) is 1.54. The summed E-state index contributed by atoms with van der Waals surface area (Å²) in [6.07, 6.45) is 5.02. The van der Waals surface area contributed by atoms with Gasteiger partial charge >= 0.3 is 0 Å². The molecule has 0 aliphatic carbocycles. The van der Waals surface area contributed by atoms with E-state index in [9.17, 15) is 4.79 Å². The van der Waals surface area contributed by atoms with Gasteiger partial charge in [0.2, 0.25) is 5.91 Å². The van der Waals surface area contributed by atoms with Crippen molar-refractivity contribution in [2.45, 2.75) is 0 Å². The van der Waals surface area contributed by atoms with Crippen LogP contribution in [0.1, 0.15) is 0 Å². The zero-order valence-corrected chi connectivity index (χ0v) is 5.76. The maximum Gasteiger partial charge on any atom is 0.247 e. The second-order valence-electron chi connectivity index (χ2n) is 1.90. The van der Waals surface area contributed by atoms with E-state index in [1.54, 1.807) is 6.08 Å². The van der Waals surface area contributed by atoms with E-state index < -0.39 is 0 Å². The molecule has 0 saturated heterocycles. The molecule has 10 heavy (non-hydrogen) atoms. The number of carbonyl (C=O) groups excluding carboxylic acids is 1. The van der Waals surface area contributed by atoms with Gasteiger partial charge in [0.1, 0.15) is 5.76 Å². The Balaban J connectivity index is 2.72. The number of nitrogens with one attached hydrogen (secondary N) is 1. The summed E-state index contributed by atoms with van der Waals surface area (Å²) >= 11 is 0. The van der Waals surface area contributed by atoms with Crippen molar-refractivity contribution in [2.75, 3.05) is 13.7 Å². The van der Waals surface area contributed by atoms with Crippen molar-refractivity contribution in [3.63, 3.8) is 0 Å². The van der Waals surface area contributed by atoms with E-state index in [0.29, 0.717) is 12.3 Å². The molecule has 1 N–H and O–H groups in total. The molecule has 1 aliphatic heterocycles. The SMILES string of the molecule is COC1=CC(=O)NCC=C1. The summed E-state index contributed by atoms with van der Waals surface area (Å²) in [6.45, 7) is 0.572. The van der Waals surface area contributed by atoms with Gasteiger partial charge in [0.25, 0.3) is 0 Å². The summed E-state index contributed by atoms with van der Waals surface area (Å²) in [5, 5.41) is 2.63. The van der Waals surface area contributed by atoms with Gasteiger partial charge < -0.3 is 10.1 Å². The highest BCUT2D eigenvalue weighted by molar-refractivity contribution is 5.88. The molecule has 0 unspecified atom stereocenters. The molecule has 1 amide bonds. The molecule has 3 heteroatoms. The Hall–Kier alpha value is -1.25. The first kappa shape index (κ1) is 6.86. The van der Waals surface area contributed by atoms with Crippen LogP contribution in [0.4, 0.5) is 0 Å². The van der Waals surface area contributed by atoms with E-state index in [2.05, 4.69) is 5.32 Å². The maximum atomic E-state index is 10.7. The lowest BCUT2D eigenvalue weighted by molar-refractivity contribution is -0.116. The third-order valence-corrected chi connectivity index (χ3v) is 1.19. The lowest BCUT2D eigenvalue weighted by Gasteiger charge is -1.95. The monoisotopic (exact) mass is 139 g/mol. The summed E-state index contributed by atoms with van der Waals surface area (Å²) < 4.78 is 4.86. The van der Waals surface area contributed by atoms with E-state index in [0.717, 1.165) is 0 Å². The largest absolute Gasteiger partial charge is 0.497 e. The van der Waals surface area contributed by atoms with Crippen LogP contribution in [0.2, 0.25) is 0 Å². The molecule has 0 aromatic carbocycles. The number of hydrogen-bond acceptors (Lipinski definition) is 2. The third kappa shape index (κ3) is 1.62. The molecule has 0 fully saturated rings. The normalized spacial score (nSPS) is 17.3. The van der Waals surface area contributed by atoms with Crippen LogP contribution in [0.3, 0.4) is 0 Å². The zero-order chi connectivity index (χ0) is 7.40. The Bertz CT molecular complexity index is 194. The maximum absolute atomic E-state index is 10.7. The van der Waals surface area contributed by atoms with Gasteiger partial charge in [0.15, 0.2) is 0 Å². The highest BCUT2D eigenvalue weighted by Gasteiger charge is 2.00. The number of rotatable bonds is 1. The van der Waals surface area contributed by atoms with Crippen molar-refractivity contribution in [1.82, 2.24) is 5.32 Å². The minimum Gasteiger partial charge on any atom is -0.497 e. The topological polar surface area (TPSA) is 38.3 Å². The number of allylic oxidation sites excluding steroid dienone is 1. The van der Waals surface area contributed by atoms with E-state index in [-0.39, 0.29) is 5.91 Å². The molecule has 0 spiro atoms. The molecule has 0 radical (unpaired) electrons. The number of carbonyl (C=O) groups is 1. The Morgan fingerprint density at radius 1 is 1.70 bits per heavy atom. The van der Waals surface area contributed by atoms with Crippen LogP contribution in [0.5, 0.6) is 0 Å². The number of amides is 1. The summed E-state index contributed by atoms with van der Waals surface area (Å²) in [5.41, 5.74) is 0. The molecule has 0 aromatic rings. The lowest BCUT2D eigenvalue weighted by atomic mass is 10.4. The number of methoxy groups -OCH3 is 1. The van der Waals surface area contributed by atoms with Gasteiger partial charge in [0.05, 0.1) is 7.11 Å². The van der Waals surface area contributed by atoms with Crippen LogP contribution < -0.4 is 5.32 Å². The van der Waals surface area contributed by atoms with Crippen molar-refractivity contribution in [3.8, 4) is 0 Å². The Labute approximate surface area is 59.4 Å². The average molecular weight is 139 g/mol. The number of hydrogen-bond donors (Lipinski definition) is 1. The van der Waals surface area contributed by atoms with Crippen LogP contribution in [-0.4, -0.2) is 19.6 Å². The molecule has 0 bridgehead atoms. The minimum atomic E-state index is -0.109. The van der Waals surface area contributed by atoms with Gasteiger partial charge in [0, 0.05) is 12.6 Å².